The van der Waals surface area contributed by atoms with Gasteiger partial charge in [-0.3, -0.25) is 14.3 Å². The number of benzene rings is 1. The van der Waals surface area contributed by atoms with E-state index in [2.05, 4.69) is 9.97 Å². The predicted octanol–water partition coefficient (Wildman–Crippen LogP) is 3.51. The summed E-state index contributed by atoms with van der Waals surface area (Å²) < 4.78 is 11.8. The fraction of sp³-hybridized carbons (Fsp3) is 0.143. The number of nitrogens with zero attached hydrogens (tertiary/aromatic N) is 3. The minimum atomic E-state index is -0.476. The quantitative estimate of drug-likeness (QED) is 0.275. The lowest BCUT2D eigenvalue weighted by atomic mass is 10.1. The van der Waals surface area contributed by atoms with Crippen LogP contribution < -0.4 is 5.56 Å². The summed E-state index contributed by atoms with van der Waals surface area (Å²) in [5.41, 5.74) is 1.46. The minimum absolute atomic E-state index is 0.202. The number of aromatic nitrogens is 3. The smallest absolute Gasteiger partial charge is 0.337 e. The first-order valence-electron chi connectivity index (χ1n) is 8.83. The Bertz CT molecular complexity index is 1200. The first-order valence-corrected chi connectivity index (χ1v) is 9.82. The van der Waals surface area contributed by atoms with Crippen LogP contribution in [0.2, 0.25) is 0 Å². The fourth-order valence-electron chi connectivity index (χ4n) is 2.88. The summed E-state index contributed by atoms with van der Waals surface area (Å²) in [6, 6.07) is 14.0. The molecule has 0 fully saturated rings. The monoisotopic (exact) mass is 407 g/mol. The zero-order valence-corrected chi connectivity index (χ0v) is 16.4. The number of pyridine rings is 1. The second-order valence-corrected chi connectivity index (χ2v) is 7.14. The molecule has 0 saturated carbocycles. The van der Waals surface area contributed by atoms with E-state index in [1.807, 2.05) is 24.3 Å². The molecule has 0 atom stereocenters. The highest BCUT2D eigenvalue weighted by atomic mass is 32.2. The van der Waals surface area contributed by atoms with Gasteiger partial charge in [0.05, 0.1) is 42.1 Å². The lowest BCUT2D eigenvalue weighted by molar-refractivity contribution is 0.0601. The van der Waals surface area contributed by atoms with Crippen molar-refractivity contribution in [2.45, 2.75) is 17.5 Å². The molecule has 0 bridgehead atoms. The molecular formula is C21H17N3O4S. The number of hydrogen-bond donors (Lipinski definition) is 0. The molecule has 0 aliphatic carbocycles. The Morgan fingerprint density at radius 2 is 2.10 bits per heavy atom. The number of esters is 1. The second kappa shape index (κ2) is 8.32. The molecule has 0 amide bonds. The van der Waals surface area contributed by atoms with Gasteiger partial charge in [0.2, 0.25) is 0 Å². The van der Waals surface area contributed by atoms with Crippen molar-refractivity contribution in [3.05, 3.63) is 88.4 Å². The largest absolute Gasteiger partial charge is 0.467 e. The molecule has 4 rings (SSSR count). The number of carbonyl (C=O) groups is 1. The molecule has 0 N–H and O–H groups in total. The lowest BCUT2D eigenvalue weighted by Gasteiger charge is -2.12. The van der Waals surface area contributed by atoms with Crippen molar-refractivity contribution in [3.8, 4) is 0 Å². The van der Waals surface area contributed by atoms with Gasteiger partial charge in [-0.15, -0.1) is 0 Å². The van der Waals surface area contributed by atoms with Crippen LogP contribution in [0, 0.1) is 0 Å². The van der Waals surface area contributed by atoms with E-state index < -0.39 is 5.97 Å². The molecule has 29 heavy (non-hydrogen) atoms. The van der Waals surface area contributed by atoms with Crippen LogP contribution in [0.15, 0.2) is 75.4 Å². The summed E-state index contributed by atoms with van der Waals surface area (Å²) in [5, 5.41) is 0.943. The van der Waals surface area contributed by atoms with E-state index in [1.54, 1.807) is 41.3 Å². The SMILES string of the molecule is COC(=O)c1ccc2c(=O)n(Cc3ccco3)c(SCc3ccccn3)nc2c1. The van der Waals surface area contributed by atoms with Gasteiger partial charge in [0.1, 0.15) is 5.76 Å². The zero-order chi connectivity index (χ0) is 20.2. The van der Waals surface area contributed by atoms with E-state index in [-0.39, 0.29) is 12.1 Å². The molecular weight excluding hydrogens is 390 g/mol. The van der Waals surface area contributed by atoms with E-state index in [9.17, 15) is 9.59 Å². The Morgan fingerprint density at radius 3 is 2.83 bits per heavy atom. The molecule has 3 heterocycles. The van der Waals surface area contributed by atoms with Gasteiger partial charge >= 0.3 is 5.97 Å². The second-order valence-electron chi connectivity index (χ2n) is 6.20. The fourth-order valence-corrected chi connectivity index (χ4v) is 3.79. The van der Waals surface area contributed by atoms with Gasteiger partial charge in [0.15, 0.2) is 5.16 Å². The molecule has 0 saturated heterocycles. The summed E-state index contributed by atoms with van der Waals surface area (Å²) in [7, 11) is 1.31. The molecule has 146 valence electrons. The van der Waals surface area contributed by atoms with Crippen molar-refractivity contribution >= 4 is 28.6 Å². The summed E-state index contributed by atoms with van der Waals surface area (Å²) in [5.74, 6) is 0.725. The topological polar surface area (TPSA) is 87.2 Å². The van der Waals surface area contributed by atoms with E-state index in [4.69, 9.17) is 9.15 Å². The van der Waals surface area contributed by atoms with Crippen LogP contribution in [0.3, 0.4) is 0 Å². The van der Waals surface area contributed by atoms with Crippen LogP contribution >= 0.6 is 11.8 Å². The third-order valence-electron chi connectivity index (χ3n) is 4.31. The molecule has 0 aliphatic rings. The van der Waals surface area contributed by atoms with Gasteiger partial charge in [-0.1, -0.05) is 17.8 Å². The minimum Gasteiger partial charge on any atom is -0.467 e. The molecule has 0 radical (unpaired) electrons. The zero-order valence-electron chi connectivity index (χ0n) is 15.6. The van der Waals surface area contributed by atoms with Gasteiger partial charge in [0, 0.05) is 11.9 Å². The highest BCUT2D eigenvalue weighted by Crippen LogP contribution is 2.23. The van der Waals surface area contributed by atoms with Crippen molar-refractivity contribution in [2.24, 2.45) is 0 Å². The Hall–Kier alpha value is -3.39. The normalized spacial score (nSPS) is 10.9. The van der Waals surface area contributed by atoms with E-state index in [0.29, 0.717) is 33.1 Å². The number of thioether (sulfide) groups is 1. The summed E-state index contributed by atoms with van der Waals surface area (Å²) in [4.78, 5) is 34.0. The molecule has 0 unspecified atom stereocenters. The Morgan fingerprint density at radius 1 is 1.21 bits per heavy atom. The number of furan rings is 1. The van der Waals surface area contributed by atoms with Gasteiger partial charge in [-0.25, -0.2) is 9.78 Å². The van der Waals surface area contributed by atoms with Crippen LogP contribution in [-0.2, 0) is 17.0 Å². The third-order valence-corrected chi connectivity index (χ3v) is 5.32. The Kier molecular flexibility index (Phi) is 5.44. The molecule has 1 aromatic carbocycles. The highest BCUT2D eigenvalue weighted by Gasteiger charge is 2.15. The van der Waals surface area contributed by atoms with Crippen LogP contribution in [0.25, 0.3) is 10.9 Å². The maximum atomic E-state index is 13.2. The van der Waals surface area contributed by atoms with Crippen molar-refractivity contribution in [1.29, 1.82) is 0 Å². The first kappa shape index (κ1) is 18.9. The lowest BCUT2D eigenvalue weighted by Crippen LogP contribution is -2.24. The van der Waals surface area contributed by atoms with Crippen molar-refractivity contribution in [3.63, 3.8) is 0 Å². The number of methoxy groups -OCH3 is 1. The number of ether oxygens (including phenoxy) is 1. The molecule has 0 aliphatic heterocycles. The van der Waals surface area contributed by atoms with Gasteiger partial charge in [-0.05, 0) is 42.5 Å². The summed E-state index contributed by atoms with van der Waals surface area (Å²) in [6.07, 6.45) is 3.29. The van der Waals surface area contributed by atoms with Gasteiger partial charge < -0.3 is 9.15 Å². The number of rotatable bonds is 6. The Balaban J connectivity index is 1.79. The van der Waals surface area contributed by atoms with Crippen LogP contribution in [0.1, 0.15) is 21.8 Å². The Labute approximate surface area is 170 Å². The molecule has 7 nitrogen and oxygen atoms in total. The summed E-state index contributed by atoms with van der Waals surface area (Å²) >= 11 is 1.40. The van der Waals surface area contributed by atoms with Crippen LogP contribution in [0.4, 0.5) is 0 Å². The summed E-state index contributed by atoms with van der Waals surface area (Å²) in [6.45, 7) is 0.262. The van der Waals surface area contributed by atoms with Gasteiger partial charge in [0.25, 0.3) is 5.56 Å². The van der Waals surface area contributed by atoms with E-state index in [1.165, 1.54) is 18.9 Å². The third kappa shape index (κ3) is 4.07. The predicted molar refractivity (Wildman–Crippen MR) is 109 cm³/mol. The average Bonchev–Trinajstić information content (AvgIpc) is 3.27. The van der Waals surface area contributed by atoms with Crippen molar-refractivity contribution in [1.82, 2.24) is 14.5 Å². The number of carbonyl (C=O) groups excluding carboxylic acids is 1. The molecule has 0 spiro atoms. The molecule has 8 heteroatoms. The van der Waals surface area contributed by atoms with E-state index >= 15 is 0 Å². The van der Waals surface area contributed by atoms with E-state index in [0.717, 1.165) is 5.69 Å². The van der Waals surface area contributed by atoms with Crippen LogP contribution in [-0.4, -0.2) is 27.6 Å². The maximum absolute atomic E-state index is 13.2. The van der Waals surface area contributed by atoms with Crippen LogP contribution in [0.5, 0.6) is 0 Å². The first-order chi connectivity index (χ1) is 14.2. The van der Waals surface area contributed by atoms with Gasteiger partial charge in [-0.2, -0.15) is 0 Å². The molecule has 3 aromatic heterocycles. The van der Waals surface area contributed by atoms with Crippen molar-refractivity contribution in [2.75, 3.05) is 7.11 Å². The standard InChI is InChI=1S/C21H17N3O4S/c1-27-20(26)14-7-8-17-18(11-14)23-21(29-13-15-5-2-3-9-22-15)24(19(17)25)12-16-6-4-10-28-16/h2-11H,12-13H2,1H3. The van der Waals surface area contributed by atoms with Crippen molar-refractivity contribution < 1.29 is 13.9 Å². The molecule has 4 aromatic rings. The number of hydrogen-bond acceptors (Lipinski definition) is 7. The highest BCUT2D eigenvalue weighted by molar-refractivity contribution is 7.98. The number of fused-ring (bicyclic) bond motifs is 1. The maximum Gasteiger partial charge on any atom is 0.337 e. The average molecular weight is 407 g/mol.